The van der Waals surface area contributed by atoms with Crippen LogP contribution >= 0.6 is 11.6 Å². The zero-order valence-corrected chi connectivity index (χ0v) is 11.3. The minimum Gasteiger partial charge on any atom is -0.464 e. The maximum atomic E-state index is 13.6. The Kier molecular flexibility index (Phi) is 3.90. The van der Waals surface area contributed by atoms with Crippen LogP contribution in [-0.2, 0) is 0 Å². The molecule has 0 saturated carbocycles. The summed E-state index contributed by atoms with van der Waals surface area (Å²) >= 11 is 5.83. The molecule has 5 heteroatoms. The number of halogens is 2. The molecule has 1 unspecified atom stereocenters. The second-order valence-corrected chi connectivity index (χ2v) is 4.65. The minimum absolute atomic E-state index is 0.0836. The maximum absolute atomic E-state index is 13.6. The van der Waals surface area contributed by atoms with Gasteiger partial charge in [-0.15, -0.1) is 0 Å². The molecule has 19 heavy (non-hydrogen) atoms. The highest BCUT2D eigenvalue weighted by atomic mass is 35.5. The van der Waals surface area contributed by atoms with Crippen LogP contribution in [0.2, 0.25) is 5.02 Å². The maximum Gasteiger partial charge on any atom is 0.256 e. The van der Waals surface area contributed by atoms with Crippen molar-refractivity contribution in [2.24, 2.45) is 0 Å². The topological polar surface area (TPSA) is 42.2 Å². The second kappa shape index (κ2) is 5.45. The predicted octanol–water partition coefficient (Wildman–Crippen LogP) is 3.87. The van der Waals surface area contributed by atoms with E-state index >= 15 is 0 Å². The zero-order valence-electron chi connectivity index (χ0n) is 10.5. The molecule has 3 nitrogen and oxygen atoms in total. The number of aryl methyl sites for hydroxylation is 1. The lowest BCUT2D eigenvalue weighted by atomic mass is 10.1. The third kappa shape index (κ3) is 2.96. The molecule has 100 valence electrons. The molecule has 0 aliphatic heterocycles. The van der Waals surface area contributed by atoms with Crippen molar-refractivity contribution < 1.29 is 13.6 Å². The monoisotopic (exact) mass is 281 g/mol. The summed E-state index contributed by atoms with van der Waals surface area (Å²) in [6.45, 7) is 3.57. The Labute approximate surface area is 115 Å². The first-order chi connectivity index (χ1) is 8.99. The summed E-state index contributed by atoms with van der Waals surface area (Å²) in [5.41, 5.74) is -0.153. The van der Waals surface area contributed by atoms with Gasteiger partial charge in [0.15, 0.2) is 0 Å². The molecular weight excluding hydrogens is 269 g/mol. The molecule has 0 saturated heterocycles. The largest absolute Gasteiger partial charge is 0.464 e. The first-order valence-electron chi connectivity index (χ1n) is 5.80. The van der Waals surface area contributed by atoms with Gasteiger partial charge in [-0.3, -0.25) is 4.79 Å². The van der Waals surface area contributed by atoms with E-state index in [-0.39, 0.29) is 16.6 Å². The summed E-state index contributed by atoms with van der Waals surface area (Å²) in [6.07, 6.45) is 0. The Morgan fingerprint density at radius 2 is 2.11 bits per heavy atom. The van der Waals surface area contributed by atoms with Gasteiger partial charge in [-0.05, 0) is 38.1 Å². The number of hydrogen-bond acceptors (Lipinski definition) is 2. The molecule has 0 bridgehead atoms. The van der Waals surface area contributed by atoms with Crippen molar-refractivity contribution in [3.63, 3.8) is 0 Å². The fourth-order valence-corrected chi connectivity index (χ4v) is 1.99. The van der Waals surface area contributed by atoms with Gasteiger partial charge in [-0.25, -0.2) is 4.39 Å². The zero-order chi connectivity index (χ0) is 14.0. The van der Waals surface area contributed by atoms with Crippen LogP contribution in [-0.4, -0.2) is 5.91 Å². The molecule has 2 aromatic rings. The molecule has 1 aromatic carbocycles. The average molecular weight is 282 g/mol. The Balaban J connectivity index is 2.17. The Hall–Kier alpha value is -1.81. The van der Waals surface area contributed by atoms with Gasteiger partial charge in [-0.2, -0.15) is 0 Å². The van der Waals surface area contributed by atoms with Gasteiger partial charge >= 0.3 is 0 Å². The highest BCUT2D eigenvalue weighted by molar-refractivity contribution is 6.33. The van der Waals surface area contributed by atoms with E-state index in [9.17, 15) is 9.18 Å². The number of benzene rings is 1. The van der Waals surface area contributed by atoms with Gasteiger partial charge in [0.2, 0.25) is 0 Å². The minimum atomic E-state index is -0.646. The molecule has 1 atom stereocenters. The van der Waals surface area contributed by atoms with Crippen molar-refractivity contribution in [3.8, 4) is 0 Å². The summed E-state index contributed by atoms with van der Waals surface area (Å²) in [5.74, 6) is 0.149. The number of hydrogen-bond donors (Lipinski definition) is 1. The van der Waals surface area contributed by atoms with Crippen molar-refractivity contribution in [2.45, 2.75) is 19.9 Å². The summed E-state index contributed by atoms with van der Waals surface area (Å²) in [5, 5.41) is 2.73. The molecule has 2 rings (SSSR count). The number of carbonyl (C=O) groups excluding carboxylic acids is 1. The Morgan fingerprint density at radius 1 is 1.37 bits per heavy atom. The van der Waals surface area contributed by atoms with Crippen molar-refractivity contribution in [1.29, 1.82) is 0 Å². The number of amides is 1. The van der Waals surface area contributed by atoms with E-state index in [2.05, 4.69) is 5.32 Å². The third-order valence-electron chi connectivity index (χ3n) is 2.73. The number of nitrogens with one attached hydrogen (secondary N) is 1. The molecular formula is C14H13ClFNO2. The van der Waals surface area contributed by atoms with Crippen LogP contribution in [0, 0.1) is 12.7 Å². The van der Waals surface area contributed by atoms with E-state index in [4.69, 9.17) is 16.0 Å². The fraction of sp³-hybridized carbons (Fsp3) is 0.214. The molecule has 0 aliphatic carbocycles. The van der Waals surface area contributed by atoms with E-state index in [1.165, 1.54) is 18.2 Å². The van der Waals surface area contributed by atoms with Crippen molar-refractivity contribution in [1.82, 2.24) is 5.32 Å². The van der Waals surface area contributed by atoms with Gasteiger partial charge in [0, 0.05) is 0 Å². The lowest BCUT2D eigenvalue weighted by Crippen LogP contribution is -2.27. The lowest BCUT2D eigenvalue weighted by Gasteiger charge is -2.12. The number of rotatable bonds is 3. The summed E-state index contributed by atoms with van der Waals surface area (Å²) in [7, 11) is 0. The molecule has 0 spiro atoms. The van der Waals surface area contributed by atoms with Gasteiger partial charge in [-0.1, -0.05) is 17.7 Å². The molecule has 0 aliphatic rings. The highest BCUT2D eigenvalue weighted by Crippen LogP contribution is 2.21. The van der Waals surface area contributed by atoms with Crippen molar-refractivity contribution in [3.05, 3.63) is 58.3 Å². The van der Waals surface area contributed by atoms with Crippen molar-refractivity contribution in [2.75, 3.05) is 0 Å². The highest BCUT2D eigenvalue weighted by Gasteiger charge is 2.19. The van der Waals surface area contributed by atoms with Crippen LogP contribution in [0.15, 0.2) is 34.7 Å². The Bertz CT molecular complexity index is 589. The van der Waals surface area contributed by atoms with Gasteiger partial charge in [0.1, 0.15) is 17.3 Å². The van der Waals surface area contributed by atoms with Gasteiger partial charge in [0.05, 0.1) is 16.6 Å². The summed E-state index contributed by atoms with van der Waals surface area (Å²) in [4.78, 5) is 12.0. The summed E-state index contributed by atoms with van der Waals surface area (Å²) < 4.78 is 19.0. The smallest absolute Gasteiger partial charge is 0.256 e. The van der Waals surface area contributed by atoms with Crippen molar-refractivity contribution >= 4 is 17.5 Å². The van der Waals surface area contributed by atoms with Crippen LogP contribution in [0.1, 0.15) is 34.8 Å². The molecule has 1 N–H and O–H groups in total. The lowest BCUT2D eigenvalue weighted by molar-refractivity contribution is 0.0931. The first kappa shape index (κ1) is 13.6. The van der Waals surface area contributed by atoms with Crippen LogP contribution < -0.4 is 5.32 Å². The number of carbonyl (C=O) groups is 1. The molecule has 1 heterocycles. The molecule has 0 radical (unpaired) electrons. The average Bonchev–Trinajstić information content (AvgIpc) is 2.75. The number of furan rings is 1. The Morgan fingerprint density at radius 3 is 2.68 bits per heavy atom. The summed E-state index contributed by atoms with van der Waals surface area (Å²) in [6, 6.07) is 7.33. The van der Waals surface area contributed by atoms with Crippen LogP contribution in [0.5, 0.6) is 0 Å². The molecule has 1 amide bonds. The molecule has 0 fully saturated rings. The van der Waals surface area contributed by atoms with E-state index < -0.39 is 11.7 Å². The predicted molar refractivity (Wildman–Crippen MR) is 70.7 cm³/mol. The normalized spacial score (nSPS) is 12.2. The standard InChI is InChI=1S/C14H13ClFNO2/c1-8-6-7-12(19-8)9(2)17-14(18)13-10(15)4-3-5-11(13)16/h3-7,9H,1-2H3,(H,17,18). The van der Waals surface area contributed by atoms with E-state index in [1.54, 1.807) is 19.1 Å². The van der Waals surface area contributed by atoms with Crippen LogP contribution in [0.4, 0.5) is 4.39 Å². The van der Waals surface area contributed by atoms with E-state index in [0.717, 1.165) is 5.76 Å². The van der Waals surface area contributed by atoms with E-state index in [0.29, 0.717) is 5.76 Å². The molecule has 1 aromatic heterocycles. The third-order valence-corrected chi connectivity index (χ3v) is 3.04. The van der Waals surface area contributed by atoms with Crippen LogP contribution in [0.25, 0.3) is 0 Å². The quantitative estimate of drug-likeness (QED) is 0.928. The van der Waals surface area contributed by atoms with Gasteiger partial charge < -0.3 is 9.73 Å². The fourth-order valence-electron chi connectivity index (χ4n) is 1.74. The second-order valence-electron chi connectivity index (χ2n) is 4.24. The first-order valence-corrected chi connectivity index (χ1v) is 6.18. The SMILES string of the molecule is Cc1ccc(C(C)NC(=O)c2c(F)cccc2Cl)o1. The van der Waals surface area contributed by atoms with E-state index in [1.807, 2.05) is 6.92 Å². The van der Waals surface area contributed by atoms with Gasteiger partial charge in [0.25, 0.3) is 5.91 Å². The van der Waals surface area contributed by atoms with Crippen LogP contribution in [0.3, 0.4) is 0 Å².